The fraction of sp³-hybridized carbons (Fsp3) is 0.455. The quantitative estimate of drug-likeness (QED) is 0.729. The zero-order valence-electron chi connectivity index (χ0n) is 8.18. The summed E-state index contributed by atoms with van der Waals surface area (Å²) in [5.74, 6) is 1.23. The molecule has 0 aliphatic carbocycles. The van der Waals surface area contributed by atoms with E-state index in [1.807, 2.05) is 12.1 Å². The van der Waals surface area contributed by atoms with Gasteiger partial charge < -0.3 is 5.32 Å². The van der Waals surface area contributed by atoms with Crippen LogP contribution in [0.25, 0.3) is 0 Å². The lowest BCUT2D eigenvalue weighted by Gasteiger charge is -2.11. The van der Waals surface area contributed by atoms with E-state index in [1.165, 1.54) is 5.56 Å². The normalized spacial score (nSPS) is 10.5. The molecule has 0 heterocycles. The highest BCUT2D eigenvalue weighted by Crippen LogP contribution is 2.17. The van der Waals surface area contributed by atoms with E-state index in [1.54, 1.807) is 0 Å². The topological polar surface area (TPSA) is 12.0 Å². The molecule has 1 N–H and O–H groups in total. The summed E-state index contributed by atoms with van der Waals surface area (Å²) in [6, 6.07) is 8.16. The second kappa shape index (κ2) is 5.13. The molecule has 0 bridgehead atoms. The highest BCUT2D eigenvalue weighted by Gasteiger charge is 1.99. The van der Waals surface area contributed by atoms with Gasteiger partial charge >= 0.3 is 0 Å². The van der Waals surface area contributed by atoms with Gasteiger partial charge in [0.15, 0.2) is 0 Å². The first-order chi connectivity index (χ1) is 6.24. The minimum absolute atomic E-state index is 0.571. The predicted octanol–water partition coefficient (Wildman–Crippen LogP) is 3.49. The fourth-order valence-electron chi connectivity index (χ4n) is 1.12. The van der Waals surface area contributed by atoms with Crippen LogP contribution < -0.4 is 5.32 Å². The van der Waals surface area contributed by atoms with Crippen molar-refractivity contribution in [2.24, 2.45) is 5.92 Å². The lowest BCUT2D eigenvalue weighted by molar-refractivity contribution is 0.688. The van der Waals surface area contributed by atoms with E-state index in [2.05, 4.69) is 31.3 Å². The van der Waals surface area contributed by atoms with E-state index in [0.717, 1.165) is 12.2 Å². The molecule has 0 spiro atoms. The van der Waals surface area contributed by atoms with Crippen molar-refractivity contribution >= 4 is 17.3 Å². The molecule has 0 unspecified atom stereocenters. The molecule has 1 nitrogen and oxygen atoms in total. The average Bonchev–Trinajstić information content (AvgIpc) is 2.15. The van der Waals surface area contributed by atoms with Gasteiger partial charge in [0, 0.05) is 18.1 Å². The lowest BCUT2D eigenvalue weighted by atomic mass is 10.1. The van der Waals surface area contributed by atoms with E-state index in [4.69, 9.17) is 11.6 Å². The van der Waals surface area contributed by atoms with Crippen molar-refractivity contribution in [2.45, 2.75) is 19.7 Å². The molecule has 0 atom stereocenters. The van der Waals surface area contributed by atoms with Crippen LogP contribution in [-0.2, 0) is 5.88 Å². The van der Waals surface area contributed by atoms with Crippen LogP contribution in [0.3, 0.4) is 0 Å². The van der Waals surface area contributed by atoms with Gasteiger partial charge in [-0.2, -0.15) is 0 Å². The Kier molecular flexibility index (Phi) is 4.10. The summed E-state index contributed by atoms with van der Waals surface area (Å²) < 4.78 is 0. The molecule has 0 saturated heterocycles. The Morgan fingerprint density at radius 1 is 1.31 bits per heavy atom. The van der Waals surface area contributed by atoms with Gasteiger partial charge in [-0.05, 0) is 17.5 Å². The first kappa shape index (κ1) is 10.4. The molecule has 0 saturated carbocycles. The maximum Gasteiger partial charge on any atom is 0.0494 e. The summed E-state index contributed by atoms with van der Waals surface area (Å²) >= 11 is 5.81. The Morgan fingerprint density at radius 3 is 2.62 bits per heavy atom. The fourth-order valence-corrected chi connectivity index (χ4v) is 1.36. The largest absolute Gasteiger partial charge is 0.385 e. The standard InChI is InChI=1S/C11H16ClN/c1-9(2)8-13-11-6-4-3-5-10(11)7-12/h3-6,9,13H,7-8H2,1-2H3. The monoisotopic (exact) mass is 197 g/mol. The number of halogens is 1. The summed E-state index contributed by atoms with van der Waals surface area (Å²) in [5, 5.41) is 3.38. The van der Waals surface area contributed by atoms with Crippen LogP contribution in [0, 0.1) is 5.92 Å². The minimum Gasteiger partial charge on any atom is -0.385 e. The van der Waals surface area contributed by atoms with Crippen LogP contribution in [0.2, 0.25) is 0 Å². The molecule has 0 radical (unpaired) electrons. The number of benzene rings is 1. The summed E-state index contributed by atoms with van der Waals surface area (Å²) in [7, 11) is 0. The molecule has 13 heavy (non-hydrogen) atoms. The SMILES string of the molecule is CC(C)CNc1ccccc1CCl. The molecular weight excluding hydrogens is 182 g/mol. The second-order valence-electron chi connectivity index (χ2n) is 3.57. The van der Waals surface area contributed by atoms with E-state index in [0.29, 0.717) is 11.8 Å². The highest BCUT2D eigenvalue weighted by molar-refractivity contribution is 6.17. The third kappa shape index (κ3) is 3.27. The van der Waals surface area contributed by atoms with Crippen LogP contribution in [0.15, 0.2) is 24.3 Å². The van der Waals surface area contributed by atoms with E-state index in [-0.39, 0.29) is 0 Å². The smallest absolute Gasteiger partial charge is 0.0494 e. The van der Waals surface area contributed by atoms with Crippen LogP contribution >= 0.6 is 11.6 Å². The molecule has 1 rings (SSSR count). The van der Waals surface area contributed by atoms with Crippen LogP contribution in [-0.4, -0.2) is 6.54 Å². The third-order valence-corrected chi connectivity index (χ3v) is 2.15. The number of para-hydroxylation sites is 1. The van der Waals surface area contributed by atoms with Gasteiger partial charge in [-0.1, -0.05) is 32.0 Å². The van der Waals surface area contributed by atoms with Crippen molar-refractivity contribution in [1.82, 2.24) is 0 Å². The minimum atomic E-state index is 0.571. The summed E-state index contributed by atoms with van der Waals surface area (Å²) in [5.41, 5.74) is 2.33. The molecule has 1 aromatic rings. The number of nitrogens with one attached hydrogen (secondary N) is 1. The highest BCUT2D eigenvalue weighted by atomic mass is 35.5. The van der Waals surface area contributed by atoms with E-state index in [9.17, 15) is 0 Å². The molecule has 0 amide bonds. The van der Waals surface area contributed by atoms with Gasteiger partial charge in [0.2, 0.25) is 0 Å². The van der Waals surface area contributed by atoms with Crippen molar-refractivity contribution in [1.29, 1.82) is 0 Å². The van der Waals surface area contributed by atoms with Crippen molar-refractivity contribution in [2.75, 3.05) is 11.9 Å². The van der Waals surface area contributed by atoms with Gasteiger partial charge in [0.05, 0.1) is 0 Å². The molecule has 0 aliphatic heterocycles. The van der Waals surface area contributed by atoms with Gasteiger partial charge in [-0.3, -0.25) is 0 Å². The number of rotatable bonds is 4. The zero-order valence-corrected chi connectivity index (χ0v) is 8.93. The number of hydrogen-bond acceptors (Lipinski definition) is 1. The molecule has 0 aliphatic rings. The molecule has 0 fully saturated rings. The number of anilines is 1. The lowest BCUT2D eigenvalue weighted by Crippen LogP contribution is -2.09. The van der Waals surface area contributed by atoms with Gasteiger partial charge in [0.25, 0.3) is 0 Å². The maximum atomic E-state index is 5.81. The Balaban J connectivity index is 2.64. The Morgan fingerprint density at radius 2 is 2.00 bits per heavy atom. The molecule has 72 valence electrons. The predicted molar refractivity (Wildman–Crippen MR) is 59.3 cm³/mol. The van der Waals surface area contributed by atoms with Gasteiger partial charge in [-0.25, -0.2) is 0 Å². The van der Waals surface area contributed by atoms with Crippen molar-refractivity contribution < 1.29 is 0 Å². The van der Waals surface area contributed by atoms with Crippen LogP contribution in [0.4, 0.5) is 5.69 Å². The maximum absolute atomic E-state index is 5.81. The zero-order chi connectivity index (χ0) is 9.68. The molecule has 1 aromatic carbocycles. The Hall–Kier alpha value is -0.690. The van der Waals surface area contributed by atoms with Gasteiger partial charge in [0.1, 0.15) is 0 Å². The number of hydrogen-bond donors (Lipinski definition) is 1. The van der Waals surface area contributed by atoms with Crippen molar-refractivity contribution in [3.63, 3.8) is 0 Å². The second-order valence-corrected chi connectivity index (χ2v) is 3.83. The van der Waals surface area contributed by atoms with Crippen LogP contribution in [0.5, 0.6) is 0 Å². The van der Waals surface area contributed by atoms with Crippen LogP contribution in [0.1, 0.15) is 19.4 Å². The number of alkyl halides is 1. The first-order valence-corrected chi connectivity index (χ1v) is 5.15. The first-order valence-electron chi connectivity index (χ1n) is 4.61. The van der Waals surface area contributed by atoms with Crippen molar-refractivity contribution in [3.05, 3.63) is 29.8 Å². The molecule has 0 aromatic heterocycles. The Labute approximate surface area is 85.1 Å². The van der Waals surface area contributed by atoms with E-state index < -0.39 is 0 Å². The summed E-state index contributed by atoms with van der Waals surface area (Å²) in [4.78, 5) is 0. The average molecular weight is 198 g/mol. The molecular formula is C11H16ClN. The van der Waals surface area contributed by atoms with E-state index >= 15 is 0 Å². The van der Waals surface area contributed by atoms with Gasteiger partial charge in [-0.15, -0.1) is 11.6 Å². The van der Waals surface area contributed by atoms with Crippen molar-refractivity contribution in [3.8, 4) is 0 Å². The molecule has 2 heteroatoms. The Bertz CT molecular complexity index is 258. The summed E-state index contributed by atoms with van der Waals surface area (Å²) in [6.45, 7) is 5.38. The third-order valence-electron chi connectivity index (χ3n) is 1.86. The summed E-state index contributed by atoms with van der Waals surface area (Å²) in [6.07, 6.45) is 0.